The van der Waals surface area contributed by atoms with Crippen LogP contribution in [0.15, 0.2) is 48.7 Å². The van der Waals surface area contributed by atoms with E-state index >= 15 is 0 Å². The van der Waals surface area contributed by atoms with Crippen LogP contribution in [-0.4, -0.2) is 33.8 Å². The van der Waals surface area contributed by atoms with Gasteiger partial charge in [-0.25, -0.2) is 0 Å². The number of hydrogen-bond acceptors (Lipinski definition) is 5. The SMILES string of the molecule is C[C@]1(n2cc3cc(CNC(=O)c4ccc(OC(F)(F)F)cc4)ccc3c2O)CCC(=O)NC1=O. The van der Waals surface area contributed by atoms with Gasteiger partial charge in [0, 0.05) is 35.5 Å². The third-order valence-corrected chi connectivity index (χ3v) is 5.77. The molecule has 3 amide bonds. The van der Waals surface area contributed by atoms with Gasteiger partial charge in [0.05, 0.1) is 0 Å². The maximum Gasteiger partial charge on any atom is 0.573 e. The van der Waals surface area contributed by atoms with Crippen LogP contribution in [0.1, 0.15) is 35.7 Å². The summed E-state index contributed by atoms with van der Waals surface area (Å²) in [6.45, 7) is 1.76. The fraction of sp³-hybridized carbons (Fsp3) is 0.261. The Bertz CT molecular complexity index is 1280. The number of carbonyl (C=O) groups is 3. The monoisotopic (exact) mass is 475 g/mol. The summed E-state index contributed by atoms with van der Waals surface area (Å²) in [4.78, 5) is 36.3. The maximum atomic E-state index is 12.4. The second kappa shape index (κ2) is 8.40. The molecule has 1 atom stereocenters. The molecule has 0 saturated carbocycles. The van der Waals surface area contributed by atoms with E-state index in [0.29, 0.717) is 16.3 Å². The summed E-state index contributed by atoms with van der Waals surface area (Å²) >= 11 is 0. The Hall–Kier alpha value is -4.02. The van der Waals surface area contributed by atoms with Crippen LogP contribution < -0.4 is 15.4 Å². The number of benzene rings is 2. The number of rotatable bonds is 5. The molecule has 1 aliphatic rings. The average Bonchev–Trinajstić information content (AvgIpc) is 3.11. The van der Waals surface area contributed by atoms with E-state index in [2.05, 4.69) is 15.4 Å². The molecule has 1 fully saturated rings. The van der Waals surface area contributed by atoms with Crippen molar-refractivity contribution >= 4 is 28.5 Å². The number of imide groups is 1. The largest absolute Gasteiger partial charge is 0.573 e. The van der Waals surface area contributed by atoms with E-state index in [1.807, 2.05) is 0 Å². The van der Waals surface area contributed by atoms with E-state index in [1.54, 1.807) is 31.3 Å². The number of ether oxygens (including phenoxy) is 1. The van der Waals surface area contributed by atoms with Crippen LogP contribution in [0.25, 0.3) is 10.8 Å². The lowest BCUT2D eigenvalue weighted by molar-refractivity contribution is -0.274. The standard InChI is InChI=1S/C23H20F3N3O5/c1-22(9-8-18(30)28-21(22)33)29-12-15-10-13(2-7-17(15)20(29)32)11-27-19(31)14-3-5-16(6-4-14)34-23(24,25)26/h2-7,10,12,32H,8-9,11H2,1H3,(H,27,31)(H,28,30,33)/t22-/m0/s1. The zero-order valence-corrected chi connectivity index (χ0v) is 17.9. The fourth-order valence-electron chi connectivity index (χ4n) is 3.86. The quantitative estimate of drug-likeness (QED) is 0.491. The number of nitrogens with zero attached hydrogens (tertiary/aromatic N) is 1. The number of hydrogen-bond donors (Lipinski definition) is 3. The number of aromatic hydroxyl groups is 1. The summed E-state index contributed by atoms with van der Waals surface area (Å²) in [6.07, 6.45) is -2.81. The number of fused-ring (bicyclic) bond motifs is 1. The van der Waals surface area contributed by atoms with Crippen LogP contribution in [0.4, 0.5) is 13.2 Å². The lowest BCUT2D eigenvalue weighted by atomic mass is 9.90. The van der Waals surface area contributed by atoms with Gasteiger partial charge in [0.2, 0.25) is 5.91 Å². The molecule has 0 spiro atoms. The van der Waals surface area contributed by atoms with Crippen LogP contribution in [0.2, 0.25) is 0 Å². The third kappa shape index (κ3) is 4.54. The summed E-state index contributed by atoms with van der Waals surface area (Å²) in [7, 11) is 0. The molecule has 178 valence electrons. The number of piperidine rings is 1. The number of nitrogens with one attached hydrogen (secondary N) is 2. The van der Waals surface area contributed by atoms with E-state index < -0.39 is 29.5 Å². The number of amides is 3. The van der Waals surface area contributed by atoms with Gasteiger partial charge < -0.3 is 19.7 Å². The zero-order chi connectivity index (χ0) is 24.7. The van der Waals surface area contributed by atoms with Crippen LogP contribution in [0, 0.1) is 0 Å². The van der Waals surface area contributed by atoms with Gasteiger partial charge in [0.1, 0.15) is 11.3 Å². The summed E-state index contributed by atoms with van der Waals surface area (Å²) in [5.41, 5.74) is -0.276. The molecule has 0 unspecified atom stereocenters. The Labute approximate surface area is 191 Å². The van der Waals surface area contributed by atoms with E-state index in [4.69, 9.17) is 0 Å². The Morgan fingerprint density at radius 3 is 2.56 bits per heavy atom. The minimum atomic E-state index is -4.81. The van der Waals surface area contributed by atoms with Crippen LogP contribution in [0.5, 0.6) is 11.6 Å². The molecule has 11 heteroatoms. The Balaban J connectivity index is 1.48. The van der Waals surface area contributed by atoms with Gasteiger partial charge in [-0.15, -0.1) is 13.2 Å². The lowest BCUT2D eigenvalue weighted by Gasteiger charge is -2.33. The van der Waals surface area contributed by atoms with Gasteiger partial charge in [-0.05, 0) is 55.3 Å². The van der Waals surface area contributed by atoms with Crippen molar-refractivity contribution in [2.75, 3.05) is 0 Å². The molecule has 8 nitrogen and oxygen atoms in total. The van der Waals surface area contributed by atoms with Crippen molar-refractivity contribution in [1.82, 2.24) is 15.2 Å². The van der Waals surface area contributed by atoms with Gasteiger partial charge in [-0.1, -0.05) is 6.07 Å². The first-order valence-corrected chi connectivity index (χ1v) is 10.3. The van der Waals surface area contributed by atoms with E-state index in [9.17, 15) is 32.7 Å². The van der Waals surface area contributed by atoms with Crippen molar-refractivity contribution < 1.29 is 37.4 Å². The maximum absolute atomic E-state index is 12.4. The average molecular weight is 475 g/mol. The minimum absolute atomic E-state index is 0.112. The Morgan fingerprint density at radius 1 is 1.21 bits per heavy atom. The number of halogens is 3. The van der Waals surface area contributed by atoms with E-state index in [1.165, 1.54) is 16.7 Å². The van der Waals surface area contributed by atoms with Crippen molar-refractivity contribution in [3.63, 3.8) is 0 Å². The lowest BCUT2D eigenvalue weighted by Crippen LogP contribution is -2.52. The summed E-state index contributed by atoms with van der Waals surface area (Å²) < 4.78 is 42.0. The third-order valence-electron chi connectivity index (χ3n) is 5.77. The Kier molecular flexibility index (Phi) is 5.72. The molecular weight excluding hydrogens is 455 g/mol. The molecule has 34 heavy (non-hydrogen) atoms. The molecule has 2 aromatic carbocycles. The molecule has 3 N–H and O–H groups in total. The summed E-state index contributed by atoms with van der Waals surface area (Å²) in [6, 6.07) is 9.63. The molecule has 0 radical (unpaired) electrons. The Morgan fingerprint density at radius 2 is 1.91 bits per heavy atom. The molecule has 2 heterocycles. The molecule has 0 aliphatic carbocycles. The topological polar surface area (TPSA) is 110 Å². The predicted octanol–water partition coefficient (Wildman–Crippen LogP) is 3.33. The number of carbonyl (C=O) groups excluding carboxylic acids is 3. The molecule has 4 rings (SSSR count). The van der Waals surface area contributed by atoms with E-state index in [-0.39, 0.29) is 36.7 Å². The second-order valence-electron chi connectivity index (χ2n) is 8.15. The van der Waals surface area contributed by atoms with Gasteiger partial charge in [0.25, 0.3) is 11.8 Å². The first-order valence-electron chi connectivity index (χ1n) is 10.3. The first-order chi connectivity index (χ1) is 16.0. The molecule has 1 saturated heterocycles. The van der Waals surface area contributed by atoms with Crippen molar-refractivity contribution in [3.8, 4) is 11.6 Å². The van der Waals surface area contributed by atoms with Crippen molar-refractivity contribution in [3.05, 3.63) is 59.8 Å². The predicted molar refractivity (Wildman–Crippen MR) is 114 cm³/mol. The highest BCUT2D eigenvalue weighted by Crippen LogP contribution is 2.36. The summed E-state index contributed by atoms with van der Waals surface area (Å²) in [5.74, 6) is -1.89. The summed E-state index contributed by atoms with van der Waals surface area (Å²) in [5, 5.41) is 16.8. The molecular formula is C23H20F3N3O5. The van der Waals surface area contributed by atoms with Gasteiger partial charge in [0.15, 0.2) is 5.88 Å². The smallest absolute Gasteiger partial charge is 0.494 e. The van der Waals surface area contributed by atoms with Crippen LogP contribution >= 0.6 is 0 Å². The minimum Gasteiger partial charge on any atom is -0.494 e. The van der Waals surface area contributed by atoms with Gasteiger partial charge in [-0.2, -0.15) is 0 Å². The first kappa shape index (κ1) is 23.1. The van der Waals surface area contributed by atoms with Crippen molar-refractivity contribution in [2.45, 2.75) is 38.2 Å². The van der Waals surface area contributed by atoms with Crippen LogP contribution in [-0.2, 0) is 21.7 Å². The number of aromatic nitrogens is 1. The van der Waals surface area contributed by atoms with Gasteiger partial charge >= 0.3 is 6.36 Å². The second-order valence-corrected chi connectivity index (χ2v) is 8.15. The highest BCUT2D eigenvalue weighted by atomic mass is 19.4. The molecule has 1 aliphatic heterocycles. The normalized spacial score (nSPS) is 18.6. The van der Waals surface area contributed by atoms with Crippen LogP contribution in [0.3, 0.4) is 0 Å². The molecule has 3 aromatic rings. The van der Waals surface area contributed by atoms with Crippen molar-refractivity contribution in [2.24, 2.45) is 0 Å². The van der Waals surface area contributed by atoms with Gasteiger partial charge in [-0.3, -0.25) is 19.7 Å². The number of alkyl halides is 3. The highest BCUT2D eigenvalue weighted by molar-refractivity contribution is 6.02. The molecule has 1 aromatic heterocycles. The van der Waals surface area contributed by atoms with E-state index in [0.717, 1.165) is 12.1 Å². The fourth-order valence-corrected chi connectivity index (χ4v) is 3.86. The zero-order valence-electron chi connectivity index (χ0n) is 17.9. The highest BCUT2D eigenvalue weighted by Gasteiger charge is 2.41. The molecule has 0 bridgehead atoms. The van der Waals surface area contributed by atoms with Crippen molar-refractivity contribution in [1.29, 1.82) is 0 Å².